The summed E-state index contributed by atoms with van der Waals surface area (Å²) < 4.78 is 0. The van der Waals surface area contributed by atoms with Crippen LogP contribution in [0.25, 0.3) is 0 Å². The molecule has 4 amide bonds. The minimum absolute atomic E-state index is 0.374. The molecule has 0 N–H and O–H groups in total. The molecule has 3 fully saturated rings. The van der Waals surface area contributed by atoms with Gasteiger partial charge in [-0.05, 0) is 27.7 Å². The monoisotopic (exact) mass is 278 g/mol. The second-order valence-corrected chi connectivity index (χ2v) is 6.84. The van der Waals surface area contributed by atoms with Gasteiger partial charge in [0.25, 0.3) is 0 Å². The van der Waals surface area contributed by atoms with E-state index in [-0.39, 0.29) is 23.6 Å². The minimum atomic E-state index is -1.17. The highest BCUT2D eigenvalue weighted by Gasteiger charge is 2.96. The standard InChI is InChI=1S/C14H18N2O4/c1-11-7(17)15(5)8(18)12(11,2)14(4)10(20)16(6)9(19)13(11,14)3/h1-6H3. The normalized spacial score (nSPS) is 50.5. The molecule has 0 bridgehead atoms. The fourth-order valence-corrected chi connectivity index (χ4v) is 5.17. The predicted octanol–water partition coefficient (Wildman–Crippen LogP) is 0.0224. The summed E-state index contributed by atoms with van der Waals surface area (Å²) in [4.78, 5) is 52.4. The SMILES string of the molecule is CN1C(=O)C2(C)C(C)(C1=O)C1(C)C(=O)N(C)C(=O)C21C. The van der Waals surface area contributed by atoms with E-state index in [9.17, 15) is 19.2 Å². The minimum Gasteiger partial charge on any atom is -0.285 e. The fraction of sp³-hybridized carbons (Fsp3) is 0.714. The summed E-state index contributed by atoms with van der Waals surface area (Å²) in [5.74, 6) is -1.49. The van der Waals surface area contributed by atoms with Crippen LogP contribution in [0.15, 0.2) is 0 Å². The lowest BCUT2D eigenvalue weighted by atomic mass is 9.27. The molecular formula is C14H18N2O4. The molecule has 3 aliphatic rings. The molecule has 0 aromatic carbocycles. The molecule has 2 heterocycles. The van der Waals surface area contributed by atoms with Crippen molar-refractivity contribution in [3.63, 3.8) is 0 Å². The molecule has 1 saturated carbocycles. The average Bonchev–Trinajstić information content (AvgIpc) is 2.64. The first-order chi connectivity index (χ1) is 8.95. The number of rotatable bonds is 0. The van der Waals surface area contributed by atoms with Crippen LogP contribution in [-0.2, 0) is 19.2 Å². The van der Waals surface area contributed by atoms with Gasteiger partial charge < -0.3 is 0 Å². The van der Waals surface area contributed by atoms with Crippen molar-refractivity contribution in [3.05, 3.63) is 0 Å². The summed E-state index contributed by atoms with van der Waals surface area (Å²) in [7, 11) is 2.83. The van der Waals surface area contributed by atoms with Crippen LogP contribution >= 0.6 is 0 Å². The Hall–Kier alpha value is -1.72. The van der Waals surface area contributed by atoms with E-state index in [1.807, 2.05) is 0 Å². The number of hydrogen-bond donors (Lipinski definition) is 0. The molecule has 108 valence electrons. The third-order valence-electron chi connectivity index (χ3n) is 6.93. The van der Waals surface area contributed by atoms with Crippen molar-refractivity contribution in [2.45, 2.75) is 27.7 Å². The molecular weight excluding hydrogens is 260 g/mol. The van der Waals surface area contributed by atoms with Gasteiger partial charge in [-0.15, -0.1) is 0 Å². The van der Waals surface area contributed by atoms with E-state index in [2.05, 4.69) is 0 Å². The third-order valence-corrected chi connectivity index (χ3v) is 6.93. The van der Waals surface area contributed by atoms with E-state index in [0.717, 1.165) is 9.80 Å². The van der Waals surface area contributed by atoms with Crippen LogP contribution in [0.4, 0.5) is 0 Å². The highest BCUT2D eigenvalue weighted by atomic mass is 16.2. The van der Waals surface area contributed by atoms with E-state index in [0.29, 0.717) is 0 Å². The summed E-state index contributed by atoms with van der Waals surface area (Å²) >= 11 is 0. The zero-order valence-corrected chi connectivity index (χ0v) is 12.5. The molecule has 0 aromatic heterocycles. The quantitative estimate of drug-likeness (QED) is 0.586. The van der Waals surface area contributed by atoms with Gasteiger partial charge in [0.2, 0.25) is 23.6 Å². The molecule has 6 nitrogen and oxygen atoms in total. The van der Waals surface area contributed by atoms with Crippen molar-refractivity contribution >= 4 is 23.6 Å². The fourth-order valence-electron chi connectivity index (χ4n) is 5.17. The Kier molecular flexibility index (Phi) is 1.87. The number of fused-ring (bicyclic) bond motifs is 4. The Labute approximate surface area is 117 Å². The molecule has 0 aromatic rings. The Balaban J connectivity index is 2.39. The Morgan fingerprint density at radius 1 is 0.550 bits per heavy atom. The van der Waals surface area contributed by atoms with Crippen LogP contribution in [0.1, 0.15) is 27.7 Å². The van der Waals surface area contributed by atoms with Crippen molar-refractivity contribution in [2.75, 3.05) is 14.1 Å². The van der Waals surface area contributed by atoms with Crippen LogP contribution in [0, 0.1) is 21.7 Å². The van der Waals surface area contributed by atoms with Gasteiger partial charge in [-0.1, -0.05) is 0 Å². The van der Waals surface area contributed by atoms with Crippen molar-refractivity contribution in [1.82, 2.24) is 9.80 Å². The van der Waals surface area contributed by atoms with Crippen LogP contribution in [-0.4, -0.2) is 47.5 Å². The summed E-state index contributed by atoms with van der Waals surface area (Å²) in [5.41, 5.74) is -4.67. The topological polar surface area (TPSA) is 74.8 Å². The summed E-state index contributed by atoms with van der Waals surface area (Å²) in [6.07, 6.45) is 0. The van der Waals surface area contributed by atoms with Gasteiger partial charge in [0, 0.05) is 14.1 Å². The molecule has 1 aliphatic carbocycles. The number of nitrogens with zero attached hydrogens (tertiary/aromatic N) is 2. The number of imide groups is 2. The Bertz CT molecular complexity index is 507. The van der Waals surface area contributed by atoms with Crippen molar-refractivity contribution in [1.29, 1.82) is 0 Å². The third kappa shape index (κ3) is 0.689. The van der Waals surface area contributed by atoms with Crippen LogP contribution in [0.2, 0.25) is 0 Å². The van der Waals surface area contributed by atoms with Crippen molar-refractivity contribution < 1.29 is 19.2 Å². The lowest BCUT2D eigenvalue weighted by Gasteiger charge is -2.67. The zero-order valence-electron chi connectivity index (χ0n) is 12.5. The second kappa shape index (κ2) is 2.82. The zero-order chi connectivity index (χ0) is 15.5. The van der Waals surface area contributed by atoms with Gasteiger partial charge in [-0.2, -0.15) is 0 Å². The maximum absolute atomic E-state index is 12.6. The van der Waals surface area contributed by atoms with Crippen molar-refractivity contribution in [3.8, 4) is 0 Å². The summed E-state index contributed by atoms with van der Waals surface area (Å²) in [6.45, 7) is 6.57. The van der Waals surface area contributed by atoms with Gasteiger partial charge >= 0.3 is 0 Å². The van der Waals surface area contributed by atoms with Crippen molar-refractivity contribution in [2.24, 2.45) is 21.7 Å². The molecule has 3 rings (SSSR count). The van der Waals surface area contributed by atoms with E-state index in [4.69, 9.17) is 0 Å². The molecule has 0 atom stereocenters. The second-order valence-electron chi connectivity index (χ2n) is 6.84. The van der Waals surface area contributed by atoms with Gasteiger partial charge in [0.05, 0.1) is 21.7 Å². The molecule has 2 saturated heterocycles. The maximum Gasteiger partial charge on any atom is 0.237 e. The number of carbonyl (C=O) groups excluding carboxylic acids is 4. The lowest BCUT2D eigenvalue weighted by molar-refractivity contribution is -0.243. The highest BCUT2D eigenvalue weighted by molar-refractivity contribution is 6.24. The molecule has 20 heavy (non-hydrogen) atoms. The van der Waals surface area contributed by atoms with E-state index >= 15 is 0 Å². The molecule has 0 spiro atoms. The average molecular weight is 278 g/mol. The lowest BCUT2D eigenvalue weighted by Crippen LogP contribution is -2.77. The van der Waals surface area contributed by atoms with Gasteiger partial charge in [-0.25, -0.2) is 0 Å². The predicted molar refractivity (Wildman–Crippen MR) is 68.0 cm³/mol. The molecule has 0 unspecified atom stereocenters. The Morgan fingerprint density at radius 3 is 0.850 bits per heavy atom. The first-order valence-corrected chi connectivity index (χ1v) is 6.61. The number of hydrogen-bond acceptors (Lipinski definition) is 4. The number of amides is 4. The first kappa shape index (κ1) is 13.3. The van der Waals surface area contributed by atoms with E-state index < -0.39 is 21.7 Å². The van der Waals surface area contributed by atoms with Gasteiger partial charge in [-0.3, -0.25) is 29.0 Å². The summed E-state index contributed by atoms with van der Waals surface area (Å²) in [5, 5.41) is 0. The van der Waals surface area contributed by atoms with E-state index in [1.54, 1.807) is 27.7 Å². The Morgan fingerprint density at radius 2 is 0.700 bits per heavy atom. The summed E-state index contributed by atoms with van der Waals surface area (Å²) in [6, 6.07) is 0. The van der Waals surface area contributed by atoms with E-state index in [1.165, 1.54) is 14.1 Å². The largest absolute Gasteiger partial charge is 0.285 e. The molecule has 6 heteroatoms. The first-order valence-electron chi connectivity index (χ1n) is 6.61. The van der Waals surface area contributed by atoms with Gasteiger partial charge in [0.1, 0.15) is 0 Å². The molecule has 2 aliphatic heterocycles. The van der Waals surface area contributed by atoms with Crippen LogP contribution in [0.3, 0.4) is 0 Å². The molecule has 0 radical (unpaired) electrons. The smallest absolute Gasteiger partial charge is 0.237 e. The maximum atomic E-state index is 12.6. The number of likely N-dealkylation sites (tertiary alicyclic amines) is 2. The van der Waals surface area contributed by atoms with Gasteiger partial charge in [0.15, 0.2) is 0 Å². The van der Waals surface area contributed by atoms with Crippen LogP contribution in [0.5, 0.6) is 0 Å². The van der Waals surface area contributed by atoms with Crippen LogP contribution < -0.4 is 0 Å². The number of carbonyl (C=O) groups is 4. The highest BCUT2D eigenvalue weighted by Crippen LogP contribution is 2.83.